The highest BCUT2D eigenvalue weighted by Crippen LogP contribution is 2.16. The van der Waals surface area contributed by atoms with Crippen LogP contribution in [0.3, 0.4) is 0 Å². The number of benzene rings is 2. The van der Waals surface area contributed by atoms with E-state index in [-0.39, 0.29) is 5.91 Å². The first kappa shape index (κ1) is 17.5. The molecule has 0 radical (unpaired) electrons. The molecule has 2 aromatic carbocycles. The summed E-state index contributed by atoms with van der Waals surface area (Å²) in [7, 11) is 0. The molecule has 1 aliphatic rings. The molecule has 1 fully saturated rings. The normalized spacial score (nSPS) is 15.2. The third-order valence-electron chi connectivity index (χ3n) is 4.67. The van der Waals surface area contributed by atoms with E-state index in [1.165, 1.54) is 5.69 Å². The Bertz CT molecular complexity index is 679. The number of para-hydroxylation sites is 1. The van der Waals surface area contributed by atoms with Gasteiger partial charge >= 0.3 is 0 Å². The SMILES string of the molecule is Cc1cccc(NC(=O)CCCN2CCN(c3ccccc3)CC2)c1. The minimum absolute atomic E-state index is 0.105. The van der Waals surface area contributed by atoms with Crippen molar-refractivity contribution in [3.8, 4) is 0 Å². The Morgan fingerprint density at radius 2 is 1.76 bits per heavy atom. The molecule has 25 heavy (non-hydrogen) atoms. The molecular weight excluding hydrogens is 310 g/mol. The molecule has 1 amide bonds. The van der Waals surface area contributed by atoms with Crippen LogP contribution in [-0.4, -0.2) is 43.5 Å². The van der Waals surface area contributed by atoms with E-state index in [0.717, 1.165) is 50.4 Å². The van der Waals surface area contributed by atoms with Gasteiger partial charge in [0, 0.05) is 44.0 Å². The summed E-state index contributed by atoms with van der Waals surface area (Å²) in [5.41, 5.74) is 3.36. The van der Waals surface area contributed by atoms with E-state index in [1.807, 2.05) is 31.2 Å². The fourth-order valence-electron chi connectivity index (χ4n) is 3.28. The molecule has 0 bridgehead atoms. The molecule has 1 heterocycles. The molecule has 1 saturated heterocycles. The maximum atomic E-state index is 12.1. The van der Waals surface area contributed by atoms with Gasteiger partial charge in [0.2, 0.25) is 5.91 Å². The third-order valence-corrected chi connectivity index (χ3v) is 4.67. The summed E-state index contributed by atoms with van der Waals surface area (Å²) in [5.74, 6) is 0.105. The van der Waals surface area contributed by atoms with Crippen LogP contribution in [0.1, 0.15) is 18.4 Å². The second kappa shape index (κ2) is 8.67. The van der Waals surface area contributed by atoms with E-state index in [4.69, 9.17) is 0 Å². The van der Waals surface area contributed by atoms with Crippen LogP contribution in [0.25, 0.3) is 0 Å². The van der Waals surface area contributed by atoms with Crippen LogP contribution >= 0.6 is 0 Å². The van der Waals surface area contributed by atoms with E-state index in [2.05, 4.69) is 45.4 Å². The van der Waals surface area contributed by atoms with Crippen molar-refractivity contribution in [2.75, 3.05) is 42.9 Å². The number of rotatable bonds is 6. The van der Waals surface area contributed by atoms with Crippen molar-refractivity contribution >= 4 is 17.3 Å². The van der Waals surface area contributed by atoms with Crippen molar-refractivity contribution in [3.63, 3.8) is 0 Å². The zero-order valence-electron chi connectivity index (χ0n) is 14.9. The predicted octanol–water partition coefficient (Wildman–Crippen LogP) is 3.54. The second-order valence-electron chi connectivity index (χ2n) is 6.69. The fourth-order valence-corrected chi connectivity index (χ4v) is 3.28. The molecular formula is C21H27N3O. The monoisotopic (exact) mass is 337 g/mol. The summed E-state index contributed by atoms with van der Waals surface area (Å²) in [4.78, 5) is 17.0. The first-order valence-electron chi connectivity index (χ1n) is 9.09. The molecule has 3 rings (SSSR count). The Kier molecular flexibility index (Phi) is 6.07. The molecule has 0 spiro atoms. The molecule has 132 valence electrons. The number of carbonyl (C=O) groups is 1. The minimum Gasteiger partial charge on any atom is -0.369 e. The summed E-state index contributed by atoms with van der Waals surface area (Å²) < 4.78 is 0. The largest absolute Gasteiger partial charge is 0.369 e. The summed E-state index contributed by atoms with van der Waals surface area (Å²) in [6.45, 7) is 7.26. The molecule has 0 saturated carbocycles. The van der Waals surface area contributed by atoms with Gasteiger partial charge in [0.25, 0.3) is 0 Å². The highest BCUT2D eigenvalue weighted by Gasteiger charge is 2.16. The van der Waals surface area contributed by atoms with Crippen molar-refractivity contribution in [2.24, 2.45) is 0 Å². The Balaban J connectivity index is 1.35. The van der Waals surface area contributed by atoms with E-state index in [0.29, 0.717) is 6.42 Å². The molecule has 0 aromatic heterocycles. The lowest BCUT2D eigenvalue weighted by Gasteiger charge is -2.36. The van der Waals surface area contributed by atoms with Gasteiger partial charge in [-0.25, -0.2) is 0 Å². The van der Waals surface area contributed by atoms with E-state index >= 15 is 0 Å². The maximum Gasteiger partial charge on any atom is 0.224 e. The number of aryl methyl sites for hydroxylation is 1. The summed E-state index contributed by atoms with van der Waals surface area (Å²) >= 11 is 0. The van der Waals surface area contributed by atoms with Crippen molar-refractivity contribution in [2.45, 2.75) is 19.8 Å². The molecule has 0 atom stereocenters. The van der Waals surface area contributed by atoms with E-state index in [9.17, 15) is 4.79 Å². The molecule has 2 aromatic rings. The van der Waals surface area contributed by atoms with Crippen LogP contribution < -0.4 is 10.2 Å². The molecule has 4 heteroatoms. The zero-order valence-corrected chi connectivity index (χ0v) is 14.9. The number of amides is 1. The van der Waals surface area contributed by atoms with Crippen LogP contribution in [0.15, 0.2) is 54.6 Å². The Labute approximate surface area is 150 Å². The molecule has 4 nitrogen and oxygen atoms in total. The van der Waals surface area contributed by atoms with Gasteiger partial charge in [-0.15, -0.1) is 0 Å². The number of carbonyl (C=O) groups excluding carboxylic acids is 1. The Morgan fingerprint density at radius 3 is 2.48 bits per heavy atom. The van der Waals surface area contributed by atoms with Gasteiger partial charge in [0.05, 0.1) is 0 Å². The number of anilines is 2. The van der Waals surface area contributed by atoms with Gasteiger partial charge in [0.15, 0.2) is 0 Å². The first-order chi connectivity index (χ1) is 12.2. The smallest absolute Gasteiger partial charge is 0.224 e. The van der Waals surface area contributed by atoms with Crippen LogP contribution in [0.5, 0.6) is 0 Å². The highest BCUT2D eigenvalue weighted by atomic mass is 16.1. The quantitative estimate of drug-likeness (QED) is 0.876. The highest BCUT2D eigenvalue weighted by molar-refractivity contribution is 5.90. The van der Waals surface area contributed by atoms with Crippen LogP contribution in [0.4, 0.5) is 11.4 Å². The predicted molar refractivity (Wildman–Crippen MR) is 104 cm³/mol. The van der Waals surface area contributed by atoms with Gasteiger partial charge in [0.1, 0.15) is 0 Å². The van der Waals surface area contributed by atoms with Gasteiger partial charge in [-0.05, 0) is 49.7 Å². The van der Waals surface area contributed by atoms with Gasteiger partial charge in [-0.2, -0.15) is 0 Å². The molecule has 1 N–H and O–H groups in total. The number of hydrogen-bond acceptors (Lipinski definition) is 3. The van der Waals surface area contributed by atoms with Crippen molar-refractivity contribution in [1.29, 1.82) is 0 Å². The first-order valence-corrected chi connectivity index (χ1v) is 9.09. The zero-order chi connectivity index (χ0) is 17.5. The summed E-state index contributed by atoms with van der Waals surface area (Å²) in [6.07, 6.45) is 1.48. The second-order valence-corrected chi connectivity index (χ2v) is 6.69. The van der Waals surface area contributed by atoms with Crippen LogP contribution in [0, 0.1) is 6.92 Å². The minimum atomic E-state index is 0.105. The average molecular weight is 337 g/mol. The Hall–Kier alpha value is -2.33. The lowest BCUT2D eigenvalue weighted by Crippen LogP contribution is -2.46. The molecule has 0 aliphatic carbocycles. The van der Waals surface area contributed by atoms with Gasteiger partial charge in [-0.3, -0.25) is 9.69 Å². The topological polar surface area (TPSA) is 35.6 Å². The van der Waals surface area contributed by atoms with Gasteiger partial charge in [-0.1, -0.05) is 30.3 Å². The van der Waals surface area contributed by atoms with E-state index < -0.39 is 0 Å². The molecule has 0 unspecified atom stereocenters. The lowest BCUT2D eigenvalue weighted by molar-refractivity contribution is -0.116. The third kappa shape index (κ3) is 5.33. The van der Waals surface area contributed by atoms with Crippen molar-refractivity contribution in [3.05, 3.63) is 60.2 Å². The average Bonchev–Trinajstić information content (AvgIpc) is 2.63. The van der Waals surface area contributed by atoms with Gasteiger partial charge < -0.3 is 10.2 Å². The maximum absolute atomic E-state index is 12.1. The molecule has 1 aliphatic heterocycles. The van der Waals surface area contributed by atoms with Crippen LogP contribution in [0.2, 0.25) is 0 Å². The lowest BCUT2D eigenvalue weighted by atomic mass is 10.2. The van der Waals surface area contributed by atoms with E-state index in [1.54, 1.807) is 0 Å². The standard InChI is InChI=1S/C21H27N3O/c1-18-7-5-8-19(17-18)22-21(25)11-6-12-23-13-15-24(16-14-23)20-9-3-2-4-10-20/h2-5,7-10,17H,6,11-16H2,1H3,(H,22,25). The number of hydrogen-bond donors (Lipinski definition) is 1. The van der Waals surface area contributed by atoms with Crippen molar-refractivity contribution < 1.29 is 4.79 Å². The Morgan fingerprint density at radius 1 is 1.00 bits per heavy atom. The van der Waals surface area contributed by atoms with Crippen molar-refractivity contribution in [1.82, 2.24) is 4.90 Å². The van der Waals surface area contributed by atoms with Crippen LogP contribution in [-0.2, 0) is 4.79 Å². The number of nitrogens with zero attached hydrogens (tertiary/aromatic N) is 2. The number of nitrogens with one attached hydrogen (secondary N) is 1. The fraction of sp³-hybridized carbons (Fsp3) is 0.381. The summed E-state index contributed by atoms with van der Waals surface area (Å²) in [6, 6.07) is 18.5. The summed E-state index contributed by atoms with van der Waals surface area (Å²) in [5, 5.41) is 2.98. The number of piperazine rings is 1.